The number of hydrogen-bond acceptors (Lipinski definition) is 2. The molecular weight excluding hydrogens is 188 g/mol. The molecule has 0 aliphatic rings. The monoisotopic (exact) mass is 200 g/mol. The molecule has 3 nitrogen and oxygen atoms in total. The van der Waals surface area contributed by atoms with E-state index in [1.54, 1.807) is 0 Å². The Bertz CT molecular complexity index is 307. The van der Waals surface area contributed by atoms with Crippen molar-refractivity contribution in [2.45, 2.75) is 33.1 Å². The van der Waals surface area contributed by atoms with Crippen LogP contribution in [0, 0.1) is 0 Å². The Labute approximate surface area is 82.5 Å². The summed E-state index contributed by atoms with van der Waals surface area (Å²) in [5, 5.41) is 0.360. The molecule has 0 aliphatic heterocycles. The number of aryl methyl sites for hydroxylation is 1. The van der Waals surface area contributed by atoms with Crippen molar-refractivity contribution < 1.29 is 4.79 Å². The van der Waals surface area contributed by atoms with Crippen molar-refractivity contribution in [2.75, 3.05) is 0 Å². The van der Waals surface area contributed by atoms with Gasteiger partial charge in [-0.3, -0.25) is 4.79 Å². The zero-order chi connectivity index (χ0) is 9.84. The molecule has 0 radical (unpaired) electrons. The summed E-state index contributed by atoms with van der Waals surface area (Å²) >= 11 is 5.78. The average molecular weight is 201 g/mol. The van der Waals surface area contributed by atoms with Crippen molar-refractivity contribution in [1.82, 2.24) is 9.97 Å². The van der Waals surface area contributed by atoms with Gasteiger partial charge in [0.05, 0.1) is 0 Å². The molecule has 1 N–H and O–H groups in total. The highest BCUT2D eigenvalue weighted by atomic mass is 35.5. The molecule has 0 unspecified atom stereocenters. The lowest BCUT2D eigenvalue weighted by Gasteiger charge is -1.91. The molecule has 0 aliphatic carbocycles. The van der Waals surface area contributed by atoms with Crippen LogP contribution in [0.3, 0.4) is 0 Å². The number of aromatic amines is 1. The van der Waals surface area contributed by atoms with E-state index in [0.29, 0.717) is 10.8 Å². The van der Waals surface area contributed by atoms with Gasteiger partial charge in [-0.2, -0.15) is 0 Å². The Hall–Kier alpha value is -0.830. The average Bonchev–Trinajstić information content (AvgIpc) is 2.43. The molecule has 0 aromatic carbocycles. The summed E-state index contributed by atoms with van der Waals surface area (Å²) in [7, 11) is 0. The molecule has 0 spiro atoms. The summed E-state index contributed by atoms with van der Waals surface area (Å²) in [5.74, 6) is 0.709. The molecule has 0 amide bonds. The van der Waals surface area contributed by atoms with Crippen LogP contribution >= 0.6 is 11.6 Å². The predicted octanol–water partition coefficient (Wildman–Crippen LogP) is 2.61. The number of hydrogen-bond donors (Lipinski definition) is 1. The number of ketones is 1. The Morgan fingerprint density at radius 2 is 2.31 bits per heavy atom. The fourth-order valence-corrected chi connectivity index (χ4v) is 1.38. The number of Topliss-reactive ketones (excluding diaryl/α,β-unsaturated/α-hetero) is 1. The quantitative estimate of drug-likeness (QED) is 0.760. The minimum atomic E-state index is -0.0935. The second-order valence-corrected chi connectivity index (χ2v) is 3.38. The van der Waals surface area contributed by atoms with Crippen LogP contribution in [0.15, 0.2) is 0 Å². The van der Waals surface area contributed by atoms with Gasteiger partial charge in [-0.1, -0.05) is 24.9 Å². The summed E-state index contributed by atoms with van der Waals surface area (Å²) in [4.78, 5) is 18.0. The van der Waals surface area contributed by atoms with Gasteiger partial charge in [0.2, 0.25) is 0 Å². The maximum atomic E-state index is 11.0. The number of carbonyl (C=O) groups excluding carboxylic acids is 1. The lowest BCUT2D eigenvalue weighted by molar-refractivity contribution is 0.101. The van der Waals surface area contributed by atoms with Gasteiger partial charge in [-0.05, 0) is 6.42 Å². The van der Waals surface area contributed by atoms with Crippen LogP contribution in [0.5, 0.6) is 0 Å². The van der Waals surface area contributed by atoms with Gasteiger partial charge in [0.1, 0.15) is 16.7 Å². The van der Waals surface area contributed by atoms with Crippen molar-refractivity contribution in [3.05, 3.63) is 16.7 Å². The highest BCUT2D eigenvalue weighted by Gasteiger charge is 2.11. The highest BCUT2D eigenvalue weighted by Crippen LogP contribution is 2.14. The molecule has 0 fully saturated rings. The van der Waals surface area contributed by atoms with E-state index in [-0.39, 0.29) is 5.78 Å². The first-order valence-electron chi connectivity index (χ1n) is 4.40. The molecule has 0 bridgehead atoms. The molecular formula is C9H13ClN2O. The standard InChI is InChI=1S/C9H13ClN2O/c1-3-4-5-7-11-8(6(2)13)9(10)12-7/h3-5H2,1-2H3,(H,11,12). The number of aromatic nitrogens is 2. The van der Waals surface area contributed by atoms with E-state index in [9.17, 15) is 4.79 Å². The van der Waals surface area contributed by atoms with Gasteiger partial charge >= 0.3 is 0 Å². The van der Waals surface area contributed by atoms with Crippen molar-refractivity contribution in [2.24, 2.45) is 0 Å². The maximum absolute atomic E-state index is 11.0. The Morgan fingerprint density at radius 3 is 2.77 bits per heavy atom. The minimum Gasteiger partial charge on any atom is -0.332 e. The largest absolute Gasteiger partial charge is 0.332 e. The highest BCUT2D eigenvalue weighted by molar-refractivity contribution is 6.32. The Balaban J connectivity index is 2.76. The zero-order valence-corrected chi connectivity index (χ0v) is 8.61. The molecule has 72 valence electrons. The number of H-pyrrole nitrogens is 1. The normalized spacial score (nSPS) is 10.4. The molecule has 0 saturated carbocycles. The first-order valence-corrected chi connectivity index (χ1v) is 4.78. The van der Waals surface area contributed by atoms with Crippen molar-refractivity contribution >= 4 is 17.4 Å². The van der Waals surface area contributed by atoms with Gasteiger partial charge in [-0.15, -0.1) is 0 Å². The van der Waals surface area contributed by atoms with E-state index in [0.717, 1.165) is 25.1 Å². The molecule has 1 aromatic heterocycles. The number of halogens is 1. The summed E-state index contributed by atoms with van der Waals surface area (Å²) in [6.45, 7) is 3.57. The van der Waals surface area contributed by atoms with Crippen molar-refractivity contribution in [3.8, 4) is 0 Å². The number of rotatable bonds is 4. The van der Waals surface area contributed by atoms with Crippen LogP contribution in [0.4, 0.5) is 0 Å². The number of imidazole rings is 1. The van der Waals surface area contributed by atoms with Crippen LogP contribution in [0.1, 0.15) is 43.0 Å². The molecule has 0 atom stereocenters. The van der Waals surface area contributed by atoms with E-state index < -0.39 is 0 Å². The second-order valence-electron chi connectivity index (χ2n) is 3.01. The van der Waals surface area contributed by atoms with Crippen molar-refractivity contribution in [1.29, 1.82) is 0 Å². The van der Waals surface area contributed by atoms with Gasteiger partial charge in [0.25, 0.3) is 0 Å². The Kier molecular flexibility index (Phi) is 3.48. The summed E-state index contributed by atoms with van der Waals surface area (Å²) in [5.41, 5.74) is 0.354. The Morgan fingerprint density at radius 1 is 1.62 bits per heavy atom. The topological polar surface area (TPSA) is 45.8 Å². The lowest BCUT2D eigenvalue weighted by Crippen LogP contribution is -1.93. The fraction of sp³-hybridized carbons (Fsp3) is 0.556. The first-order chi connectivity index (χ1) is 6.15. The summed E-state index contributed by atoms with van der Waals surface area (Å²) in [6.07, 6.45) is 3.01. The van der Waals surface area contributed by atoms with E-state index in [2.05, 4.69) is 16.9 Å². The third-order valence-electron chi connectivity index (χ3n) is 1.81. The molecule has 4 heteroatoms. The van der Waals surface area contributed by atoms with E-state index in [1.165, 1.54) is 6.92 Å². The van der Waals surface area contributed by atoms with E-state index in [4.69, 9.17) is 11.6 Å². The number of unbranched alkanes of at least 4 members (excludes halogenated alkanes) is 1. The molecule has 13 heavy (non-hydrogen) atoms. The minimum absolute atomic E-state index is 0.0935. The van der Waals surface area contributed by atoms with Crippen LogP contribution in [-0.2, 0) is 6.42 Å². The van der Waals surface area contributed by atoms with Gasteiger partial charge in [0.15, 0.2) is 5.78 Å². The zero-order valence-electron chi connectivity index (χ0n) is 7.85. The van der Waals surface area contributed by atoms with Gasteiger partial charge < -0.3 is 4.98 Å². The fourth-order valence-electron chi connectivity index (χ4n) is 1.09. The second kappa shape index (κ2) is 4.42. The van der Waals surface area contributed by atoms with Gasteiger partial charge in [0, 0.05) is 13.3 Å². The number of nitrogens with zero attached hydrogens (tertiary/aromatic N) is 1. The van der Waals surface area contributed by atoms with Crippen LogP contribution in [0.2, 0.25) is 5.15 Å². The van der Waals surface area contributed by atoms with Crippen LogP contribution < -0.4 is 0 Å². The van der Waals surface area contributed by atoms with Crippen LogP contribution in [-0.4, -0.2) is 15.8 Å². The SMILES string of the molecule is CCCCc1nc(C(C)=O)c(Cl)[nH]1. The number of nitrogens with one attached hydrogen (secondary N) is 1. The third-order valence-corrected chi connectivity index (χ3v) is 2.08. The van der Waals surface area contributed by atoms with E-state index in [1.807, 2.05) is 0 Å². The summed E-state index contributed by atoms with van der Waals surface area (Å²) in [6, 6.07) is 0. The van der Waals surface area contributed by atoms with Crippen LogP contribution in [0.25, 0.3) is 0 Å². The lowest BCUT2D eigenvalue weighted by atomic mass is 10.2. The third kappa shape index (κ3) is 2.56. The predicted molar refractivity (Wildman–Crippen MR) is 52.2 cm³/mol. The molecule has 1 rings (SSSR count). The van der Waals surface area contributed by atoms with Crippen molar-refractivity contribution in [3.63, 3.8) is 0 Å². The smallest absolute Gasteiger partial charge is 0.181 e. The molecule has 1 heterocycles. The first kappa shape index (κ1) is 10.3. The van der Waals surface area contributed by atoms with Gasteiger partial charge in [-0.25, -0.2) is 4.98 Å². The van der Waals surface area contributed by atoms with E-state index >= 15 is 0 Å². The maximum Gasteiger partial charge on any atom is 0.181 e. The number of carbonyl (C=O) groups is 1. The molecule has 1 aromatic rings. The molecule has 0 saturated heterocycles. The summed E-state index contributed by atoms with van der Waals surface area (Å²) < 4.78 is 0.